The number of hydrogen-bond donors (Lipinski definition) is 1. The fourth-order valence-corrected chi connectivity index (χ4v) is 2.93. The molecule has 2 saturated heterocycles. The fraction of sp³-hybridized carbons (Fsp3) is 0.846. The summed E-state index contributed by atoms with van der Waals surface area (Å²) in [5.74, 6) is 3.73. The predicted octanol–water partition coefficient (Wildman–Crippen LogP) is 1.47. The van der Waals surface area contributed by atoms with Crippen molar-refractivity contribution in [2.75, 3.05) is 19.6 Å². The van der Waals surface area contributed by atoms with Crippen molar-refractivity contribution in [1.29, 1.82) is 0 Å². The molecule has 0 saturated carbocycles. The lowest BCUT2D eigenvalue weighted by Crippen LogP contribution is -2.43. The van der Waals surface area contributed by atoms with Gasteiger partial charge in [0.25, 0.3) is 0 Å². The molecule has 0 bridgehead atoms. The lowest BCUT2D eigenvalue weighted by Gasteiger charge is -2.36. The van der Waals surface area contributed by atoms with E-state index in [1.54, 1.807) is 0 Å². The fourth-order valence-electron chi connectivity index (χ4n) is 2.93. The van der Waals surface area contributed by atoms with E-state index >= 15 is 0 Å². The molecule has 1 N–H and O–H groups in total. The predicted molar refractivity (Wildman–Crippen MR) is 63.6 cm³/mol. The lowest BCUT2D eigenvalue weighted by atomic mass is 9.88. The van der Waals surface area contributed by atoms with Crippen molar-refractivity contribution in [3.05, 3.63) is 0 Å². The summed E-state index contributed by atoms with van der Waals surface area (Å²) < 4.78 is 0. The van der Waals surface area contributed by atoms with Crippen molar-refractivity contribution in [3.63, 3.8) is 0 Å². The van der Waals surface area contributed by atoms with Gasteiger partial charge < -0.3 is 5.32 Å². The third kappa shape index (κ3) is 2.53. The Hall–Kier alpha value is -0.520. The van der Waals surface area contributed by atoms with Crippen LogP contribution in [0, 0.1) is 18.3 Å². The molecule has 0 amide bonds. The second-order valence-corrected chi connectivity index (χ2v) is 4.92. The van der Waals surface area contributed by atoms with Crippen LogP contribution in [0.3, 0.4) is 0 Å². The van der Waals surface area contributed by atoms with E-state index in [1.807, 2.05) is 0 Å². The third-order valence-electron chi connectivity index (χ3n) is 4.03. The largest absolute Gasteiger partial charge is 0.314 e. The summed E-state index contributed by atoms with van der Waals surface area (Å²) in [4.78, 5) is 2.44. The average Bonchev–Trinajstić information content (AvgIpc) is 2.82. The third-order valence-corrected chi connectivity index (χ3v) is 4.03. The molecule has 15 heavy (non-hydrogen) atoms. The van der Waals surface area contributed by atoms with Crippen LogP contribution in [-0.2, 0) is 0 Å². The van der Waals surface area contributed by atoms with E-state index in [0.29, 0.717) is 6.04 Å². The van der Waals surface area contributed by atoms with E-state index in [2.05, 4.69) is 23.1 Å². The van der Waals surface area contributed by atoms with Gasteiger partial charge in [0, 0.05) is 6.04 Å². The van der Waals surface area contributed by atoms with Crippen molar-refractivity contribution in [2.24, 2.45) is 5.92 Å². The maximum Gasteiger partial charge on any atom is 0.0683 e. The van der Waals surface area contributed by atoms with E-state index in [0.717, 1.165) is 12.0 Å². The molecule has 2 heterocycles. The van der Waals surface area contributed by atoms with E-state index in [9.17, 15) is 0 Å². The molecule has 2 aliphatic heterocycles. The number of terminal acetylenes is 1. The summed E-state index contributed by atoms with van der Waals surface area (Å²) in [7, 11) is 0. The van der Waals surface area contributed by atoms with Crippen molar-refractivity contribution >= 4 is 0 Å². The van der Waals surface area contributed by atoms with E-state index < -0.39 is 0 Å². The number of rotatable bonds is 2. The monoisotopic (exact) mass is 206 g/mol. The molecule has 2 rings (SSSR count). The Balaban J connectivity index is 1.79. The van der Waals surface area contributed by atoms with Crippen LogP contribution < -0.4 is 5.32 Å². The highest BCUT2D eigenvalue weighted by Crippen LogP contribution is 2.26. The maximum atomic E-state index is 5.46. The number of nitrogens with one attached hydrogen (secondary N) is 1. The average molecular weight is 206 g/mol. The molecular formula is C13H22N2. The van der Waals surface area contributed by atoms with Gasteiger partial charge in [-0.15, -0.1) is 6.42 Å². The molecular weight excluding hydrogens is 184 g/mol. The Morgan fingerprint density at radius 2 is 2.07 bits per heavy atom. The highest BCUT2D eigenvalue weighted by Gasteiger charge is 2.29. The highest BCUT2D eigenvalue weighted by molar-refractivity contribution is 4.98. The van der Waals surface area contributed by atoms with E-state index in [4.69, 9.17) is 6.42 Å². The normalized spacial score (nSPS) is 31.3. The summed E-state index contributed by atoms with van der Waals surface area (Å²) in [5.41, 5.74) is 0. The number of piperidine rings is 1. The van der Waals surface area contributed by atoms with Crippen LogP contribution >= 0.6 is 0 Å². The first-order valence-electron chi connectivity index (χ1n) is 6.25. The topological polar surface area (TPSA) is 15.3 Å². The Morgan fingerprint density at radius 1 is 1.33 bits per heavy atom. The molecule has 0 aromatic rings. The van der Waals surface area contributed by atoms with Gasteiger partial charge in [0.05, 0.1) is 6.04 Å². The number of nitrogens with zero attached hydrogens (tertiary/aromatic N) is 1. The molecule has 0 radical (unpaired) electrons. The Morgan fingerprint density at radius 3 is 2.60 bits per heavy atom. The quantitative estimate of drug-likeness (QED) is 0.688. The molecule has 0 aromatic heterocycles. The van der Waals surface area contributed by atoms with Gasteiger partial charge in [-0.05, 0) is 58.2 Å². The van der Waals surface area contributed by atoms with Gasteiger partial charge in [0.2, 0.25) is 0 Å². The zero-order valence-corrected chi connectivity index (χ0v) is 9.71. The van der Waals surface area contributed by atoms with Crippen LogP contribution in [0.2, 0.25) is 0 Å². The summed E-state index contributed by atoms with van der Waals surface area (Å²) >= 11 is 0. The van der Waals surface area contributed by atoms with Crippen molar-refractivity contribution < 1.29 is 0 Å². The first-order valence-corrected chi connectivity index (χ1v) is 6.25. The van der Waals surface area contributed by atoms with E-state index in [1.165, 1.54) is 45.3 Å². The Kier molecular flexibility index (Phi) is 3.66. The van der Waals surface area contributed by atoms with Gasteiger partial charge in [0.15, 0.2) is 0 Å². The van der Waals surface area contributed by atoms with Crippen molar-refractivity contribution in [1.82, 2.24) is 10.2 Å². The van der Waals surface area contributed by atoms with Gasteiger partial charge in [-0.1, -0.05) is 5.92 Å². The Labute approximate surface area is 93.4 Å². The zero-order chi connectivity index (χ0) is 10.7. The maximum absolute atomic E-state index is 5.46. The SMILES string of the molecule is C#CC(C)N1CCC(C2CCCN2)CC1. The van der Waals surface area contributed by atoms with Crippen LogP contribution in [0.15, 0.2) is 0 Å². The second-order valence-electron chi connectivity index (χ2n) is 4.92. The summed E-state index contributed by atoms with van der Waals surface area (Å²) in [5, 5.41) is 3.63. The smallest absolute Gasteiger partial charge is 0.0683 e. The Bertz CT molecular complexity index is 229. The van der Waals surface area contributed by atoms with Gasteiger partial charge in [0.1, 0.15) is 0 Å². The second kappa shape index (κ2) is 5.01. The molecule has 0 aromatic carbocycles. The molecule has 2 nitrogen and oxygen atoms in total. The van der Waals surface area contributed by atoms with E-state index in [-0.39, 0.29) is 0 Å². The standard InChI is InChI=1S/C13H22N2/c1-3-11(2)15-9-6-12(7-10-15)13-5-4-8-14-13/h1,11-14H,4-10H2,2H3. The van der Waals surface area contributed by atoms with Crippen LogP contribution in [0.4, 0.5) is 0 Å². The van der Waals surface area contributed by atoms with Gasteiger partial charge in [-0.25, -0.2) is 0 Å². The molecule has 2 unspecified atom stereocenters. The molecule has 2 atom stereocenters. The highest BCUT2D eigenvalue weighted by atomic mass is 15.2. The summed E-state index contributed by atoms with van der Waals surface area (Å²) in [6, 6.07) is 1.12. The summed E-state index contributed by atoms with van der Waals surface area (Å²) in [6.45, 7) is 5.74. The van der Waals surface area contributed by atoms with Crippen LogP contribution in [0.5, 0.6) is 0 Å². The molecule has 0 aliphatic carbocycles. The van der Waals surface area contributed by atoms with Crippen LogP contribution in [0.1, 0.15) is 32.6 Å². The summed E-state index contributed by atoms with van der Waals surface area (Å²) in [6.07, 6.45) is 10.9. The molecule has 2 aliphatic rings. The van der Waals surface area contributed by atoms with Crippen LogP contribution in [0.25, 0.3) is 0 Å². The number of likely N-dealkylation sites (tertiary alicyclic amines) is 1. The first kappa shape index (κ1) is 11.0. The molecule has 0 spiro atoms. The minimum atomic E-state index is 0.322. The minimum Gasteiger partial charge on any atom is -0.314 e. The number of hydrogen-bond acceptors (Lipinski definition) is 2. The molecule has 2 fully saturated rings. The van der Waals surface area contributed by atoms with Crippen LogP contribution in [-0.4, -0.2) is 36.6 Å². The van der Waals surface area contributed by atoms with Gasteiger partial charge >= 0.3 is 0 Å². The zero-order valence-electron chi connectivity index (χ0n) is 9.71. The molecule has 84 valence electrons. The minimum absolute atomic E-state index is 0.322. The van der Waals surface area contributed by atoms with Crippen molar-refractivity contribution in [3.8, 4) is 12.3 Å². The molecule has 2 heteroatoms. The van der Waals surface area contributed by atoms with Crippen molar-refractivity contribution in [2.45, 2.75) is 44.7 Å². The van der Waals surface area contributed by atoms with Gasteiger partial charge in [-0.3, -0.25) is 4.90 Å². The first-order chi connectivity index (χ1) is 7.31. The lowest BCUT2D eigenvalue weighted by molar-refractivity contribution is 0.148. The van der Waals surface area contributed by atoms with Gasteiger partial charge in [-0.2, -0.15) is 0 Å².